The zero-order valence-electron chi connectivity index (χ0n) is 8.77. The lowest BCUT2D eigenvalue weighted by Crippen LogP contribution is -2.26. The fraction of sp³-hybridized carbons (Fsp3) is 0.400. The van der Waals surface area contributed by atoms with Crippen LogP contribution >= 0.6 is 15.9 Å². The molecule has 1 rings (SSSR count). The third kappa shape index (κ3) is 3.60. The van der Waals surface area contributed by atoms with E-state index in [-0.39, 0.29) is 11.9 Å². The first-order valence-electron chi connectivity index (χ1n) is 4.56. The van der Waals surface area contributed by atoms with Gasteiger partial charge in [0, 0.05) is 29.3 Å². The molecule has 0 bridgehead atoms. The van der Waals surface area contributed by atoms with Crippen LogP contribution in [0.25, 0.3) is 0 Å². The van der Waals surface area contributed by atoms with Crippen LogP contribution in [0.5, 0.6) is 0 Å². The van der Waals surface area contributed by atoms with Crippen molar-refractivity contribution in [3.05, 3.63) is 28.5 Å². The van der Waals surface area contributed by atoms with E-state index >= 15 is 0 Å². The Kier molecular flexibility index (Phi) is 4.23. The van der Waals surface area contributed by atoms with Gasteiger partial charge in [-0.25, -0.2) is 0 Å². The van der Waals surface area contributed by atoms with Gasteiger partial charge in [0.2, 0.25) is 5.91 Å². The van der Waals surface area contributed by atoms with Crippen molar-refractivity contribution in [3.63, 3.8) is 0 Å². The number of hydrogen-bond donors (Lipinski definition) is 1. The van der Waals surface area contributed by atoms with Crippen molar-refractivity contribution in [3.8, 4) is 0 Å². The van der Waals surface area contributed by atoms with Crippen LogP contribution in [0.3, 0.4) is 0 Å². The van der Waals surface area contributed by atoms with E-state index in [0.717, 1.165) is 10.0 Å². The first kappa shape index (κ1) is 12.1. The highest BCUT2D eigenvalue weighted by atomic mass is 79.9. The Morgan fingerprint density at radius 1 is 1.60 bits per heavy atom. The van der Waals surface area contributed by atoms with E-state index in [9.17, 15) is 4.79 Å². The molecule has 0 saturated carbocycles. The van der Waals surface area contributed by atoms with Gasteiger partial charge in [-0.3, -0.25) is 9.78 Å². The highest BCUT2D eigenvalue weighted by Crippen LogP contribution is 2.23. The minimum absolute atomic E-state index is 0.0208. The van der Waals surface area contributed by atoms with E-state index in [4.69, 9.17) is 5.73 Å². The summed E-state index contributed by atoms with van der Waals surface area (Å²) in [6.07, 6.45) is 3.75. The third-order valence-electron chi connectivity index (χ3n) is 2.13. The molecule has 5 heteroatoms. The van der Waals surface area contributed by atoms with Crippen LogP contribution in [0, 0.1) is 0 Å². The van der Waals surface area contributed by atoms with Gasteiger partial charge < -0.3 is 10.6 Å². The molecule has 82 valence electrons. The third-order valence-corrected chi connectivity index (χ3v) is 2.56. The number of halogens is 1. The van der Waals surface area contributed by atoms with E-state index in [1.54, 1.807) is 12.4 Å². The highest BCUT2D eigenvalue weighted by molar-refractivity contribution is 9.10. The summed E-state index contributed by atoms with van der Waals surface area (Å²) in [5.41, 5.74) is 6.19. The Balaban J connectivity index is 2.93. The van der Waals surface area contributed by atoms with Crippen molar-refractivity contribution in [1.82, 2.24) is 9.88 Å². The summed E-state index contributed by atoms with van der Waals surface area (Å²) in [6, 6.07) is 1.92. The van der Waals surface area contributed by atoms with E-state index in [0.29, 0.717) is 6.42 Å². The van der Waals surface area contributed by atoms with Crippen LogP contribution in [-0.2, 0) is 4.79 Å². The zero-order valence-corrected chi connectivity index (χ0v) is 10.4. The zero-order chi connectivity index (χ0) is 11.4. The van der Waals surface area contributed by atoms with Gasteiger partial charge in [0.05, 0.1) is 0 Å². The van der Waals surface area contributed by atoms with E-state index in [1.807, 2.05) is 25.1 Å². The molecule has 4 nitrogen and oxygen atoms in total. The maximum absolute atomic E-state index is 10.9. The number of rotatable bonds is 4. The summed E-state index contributed by atoms with van der Waals surface area (Å²) in [5.74, 6) is -0.311. The van der Waals surface area contributed by atoms with Crippen molar-refractivity contribution < 1.29 is 4.79 Å². The van der Waals surface area contributed by atoms with E-state index in [2.05, 4.69) is 20.9 Å². The molecule has 0 saturated heterocycles. The standard InChI is InChI=1S/C10H14BrN3O/c1-14(2)9(4-10(12)15)7-3-8(11)6-13-5-7/h3,5-6,9H,4H2,1-2H3,(H2,12,15). The van der Waals surface area contributed by atoms with Crippen molar-refractivity contribution in [1.29, 1.82) is 0 Å². The smallest absolute Gasteiger partial charge is 0.219 e. The Hall–Kier alpha value is -0.940. The molecule has 1 aromatic heterocycles. The number of primary amides is 1. The summed E-state index contributed by atoms with van der Waals surface area (Å²) < 4.78 is 0.899. The Labute approximate surface area is 97.6 Å². The van der Waals surface area contributed by atoms with Crippen molar-refractivity contribution in [2.45, 2.75) is 12.5 Å². The second-order valence-corrected chi connectivity index (χ2v) is 4.50. The maximum Gasteiger partial charge on any atom is 0.219 e. The van der Waals surface area contributed by atoms with Gasteiger partial charge in [-0.05, 0) is 41.7 Å². The molecule has 1 aromatic rings. The molecule has 1 unspecified atom stereocenters. The summed E-state index contributed by atoms with van der Waals surface area (Å²) in [4.78, 5) is 17.0. The largest absolute Gasteiger partial charge is 0.370 e. The molecule has 0 radical (unpaired) electrons. The van der Waals surface area contributed by atoms with Crippen molar-refractivity contribution in [2.24, 2.45) is 5.73 Å². The SMILES string of the molecule is CN(C)C(CC(N)=O)c1cncc(Br)c1. The fourth-order valence-electron chi connectivity index (χ4n) is 1.40. The molecule has 0 aliphatic carbocycles. The van der Waals surface area contributed by atoms with E-state index < -0.39 is 0 Å². The molecule has 0 fully saturated rings. The minimum Gasteiger partial charge on any atom is -0.370 e. The second kappa shape index (κ2) is 5.23. The number of carbonyl (C=O) groups excluding carboxylic acids is 1. The quantitative estimate of drug-likeness (QED) is 0.899. The summed E-state index contributed by atoms with van der Waals surface area (Å²) in [7, 11) is 3.82. The monoisotopic (exact) mass is 271 g/mol. The highest BCUT2D eigenvalue weighted by Gasteiger charge is 2.17. The fourth-order valence-corrected chi connectivity index (χ4v) is 1.78. The van der Waals surface area contributed by atoms with Crippen LogP contribution in [-0.4, -0.2) is 29.9 Å². The first-order valence-corrected chi connectivity index (χ1v) is 5.35. The van der Waals surface area contributed by atoms with Gasteiger partial charge in [-0.2, -0.15) is 0 Å². The topological polar surface area (TPSA) is 59.2 Å². The summed E-state index contributed by atoms with van der Waals surface area (Å²) in [6.45, 7) is 0. The number of carbonyl (C=O) groups is 1. The second-order valence-electron chi connectivity index (χ2n) is 3.59. The Morgan fingerprint density at radius 3 is 2.73 bits per heavy atom. The molecule has 1 amide bonds. The number of hydrogen-bond acceptors (Lipinski definition) is 3. The molecule has 0 spiro atoms. The number of nitrogens with zero attached hydrogens (tertiary/aromatic N) is 2. The molecular formula is C10H14BrN3O. The van der Waals surface area contributed by atoms with Gasteiger partial charge in [-0.15, -0.1) is 0 Å². The van der Waals surface area contributed by atoms with Crippen molar-refractivity contribution in [2.75, 3.05) is 14.1 Å². The maximum atomic E-state index is 10.9. The lowest BCUT2D eigenvalue weighted by Gasteiger charge is -2.23. The molecule has 15 heavy (non-hydrogen) atoms. The average Bonchev–Trinajstić information content (AvgIpc) is 2.13. The number of amides is 1. The van der Waals surface area contributed by atoms with Crippen LogP contribution in [0.1, 0.15) is 18.0 Å². The van der Waals surface area contributed by atoms with Gasteiger partial charge >= 0.3 is 0 Å². The predicted octanol–water partition coefficient (Wildman–Crippen LogP) is 1.32. The first-order chi connectivity index (χ1) is 7.00. The van der Waals surface area contributed by atoms with E-state index in [1.165, 1.54) is 0 Å². The van der Waals surface area contributed by atoms with Gasteiger partial charge in [-0.1, -0.05) is 0 Å². The summed E-state index contributed by atoms with van der Waals surface area (Å²) >= 11 is 3.35. The normalized spacial score (nSPS) is 12.8. The van der Waals surface area contributed by atoms with Crippen molar-refractivity contribution >= 4 is 21.8 Å². The molecule has 0 aliphatic heterocycles. The molecule has 0 aromatic carbocycles. The minimum atomic E-state index is -0.311. The molecule has 1 atom stereocenters. The molecule has 2 N–H and O–H groups in total. The molecule has 1 heterocycles. The predicted molar refractivity (Wildman–Crippen MR) is 62.2 cm³/mol. The number of nitrogens with two attached hydrogens (primary N) is 1. The molecule has 0 aliphatic rings. The van der Waals surface area contributed by atoms with Gasteiger partial charge in [0.25, 0.3) is 0 Å². The van der Waals surface area contributed by atoms with Gasteiger partial charge in [0.1, 0.15) is 0 Å². The lowest BCUT2D eigenvalue weighted by molar-refractivity contribution is -0.119. The number of aromatic nitrogens is 1. The Morgan fingerprint density at radius 2 is 2.27 bits per heavy atom. The molecular weight excluding hydrogens is 258 g/mol. The summed E-state index contributed by atoms with van der Waals surface area (Å²) in [5, 5.41) is 0. The van der Waals surface area contributed by atoms with Crippen LogP contribution in [0.4, 0.5) is 0 Å². The number of pyridine rings is 1. The lowest BCUT2D eigenvalue weighted by atomic mass is 10.0. The average molecular weight is 272 g/mol. The van der Waals surface area contributed by atoms with Gasteiger partial charge in [0.15, 0.2) is 0 Å². The van der Waals surface area contributed by atoms with Crippen LogP contribution in [0.15, 0.2) is 22.9 Å². The van der Waals surface area contributed by atoms with Crippen LogP contribution < -0.4 is 5.73 Å². The Bertz CT molecular complexity index is 354. The van der Waals surface area contributed by atoms with Crippen LogP contribution in [0.2, 0.25) is 0 Å².